The zero-order chi connectivity index (χ0) is 13.8. The molecule has 2 fully saturated rings. The van der Waals surface area contributed by atoms with E-state index in [-0.39, 0.29) is 28.4 Å². The molecule has 2 atom stereocenters. The molecule has 7 heteroatoms. The first-order chi connectivity index (χ1) is 8.86. The quantitative estimate of drug-likeness (QED) is 0.785. The lowest BCUT2D eigenvalue weighted by Gasteiger charge is -2.25. The van der Waals surface area contributed by atoms with Gasteiger partial charge in [0.25, 0.3) is 15.0 Å². The number of aryl methyl sites for hydroxylation is 1. The highest BCUT2D eigenvalue weighted by atomic mass is 35.7. The van der Waals surface area contributed by atoms with Crippen molar-refractivity contribution in [3.8, 4) is 0 Å². The lowest BCUT2D eigenvalue weighted by molar-refractivity contribution is 0.0669. The summed E-state index contributed by atoms with van der Waals surface area (Å²) in [5, 5.41) is 0. The van der Waals surface area contributed by atoms with Gasteiger partial charge in [0.15, 0.2) is 5.76 Å². The average Bonchev–Trinajstić information content (AvgIpc) is 3.00. The second-order valence-electron chi connectivity index (χ2n) is 5.26. The largest absolute Gasteiger partial charge is 0.455 e. The second-order valence-corrected chi connectivity index (χ2v) is 7.79. The van der Waals surface area contributed by atoms with Gasteiger partial charge in [-0.1, -0.05) is 0 Å². The number of likely N-dealkylation sites (tertiary alicyclic amines) is 1. The van der Waals surface area contributed by atoms with Crippen LogP contribution in [-0.2, 0) is 9.05 Å². The van der Waals surface area contributed by atoms with Gasteiger partial charge in [-0.3, -0.25) is 4.79 Å². The molecule has 104 valence electrons. The fourth-order valence-electron chi connectivity index (χ4n) is 3.13. The van der Waals surface area contributed by atoms with Gasteiger partial charge >= 0.3 is 0 Å². The van der Waals surface area contributed by atoms with E-state index in [9.17, 15) is 13.2 Å². The van der Waals surface area contributed by atoms with Crippen molar-refractivity contribution in [1.29, 1.82) is 0 Å². The number of fused-ring (bicyclic) bond motifs is 2. The van der Waals surface area contributed by atoms with Crippen LogP contribution in [0.25, 0.3) is 0 Å². The number of halogens is 1. The van der Waals surface area contributed by atoms with Crippen molar-refractivity contribution in [2.75, 3.05) is 6.54 Å². The maximum atomic E-state index is 12.3. The van der Waals surface area contributed by atoms with Crippen LogP contribution in [0.2, 0.25) is 0 Å². The average molecular weight is 304 g/mol. The summed E-state index contributed by atoms with van der Waals surface area (Å²) in [6, 6.07) is 1.50. The minimum Gasteiger partial charge on any atom is -0.455 e. The van der Waals surface area contributed by atoms with E-state index in [1.165, 1.54) is 19.4 Å². The van der Waals surface area contributed by atoms with Gasteiger partial charge in [0.05, 0.1) is 0 Å². The van der Waals surface area contributed by atoms with Gasteiger partial charge in [0.1, 0.15) is 10.7 Å². The predicted molar refractivity (Wildman–Crippen MR) is 68.6 cm³/mol. The fourth-order valence-corrected chi connectivity index (χ4v) is 4.22. The fraction of sp³-hybridized carbons (Fsp3) is 0.583. The first-order valence-corrected chi connectivity index (χ1v) is 8.53. The van der Waals surface area contributed by atoms with Crippen LogP contribution >= 0.6 is 10.7 Å². The normalized spacial score (nSPS) is 26.1. The van der Waals surface area contributed by atoms with Crippen molar-refractivity contribution < 1.29 is 17.6 Å². The van der Waals surface area contributed by atoms with Crippen molar-refractivity contribution in [2.24, 2.45) is 5.92 Å². The predicted octanol–water partition coefficient (Wildman–Crippen LogP) is 2.14. The van der Waals surface area contributed by atoms with Crippen molar-refractivity contribution in [2.45, 2.75) is 37.1 Å². The molecule has 2 heterocycles. The Morgan fingerprint density at radius 1 is 1.47 bits per heavy atom. The van der Waals surface area contributed by atoms with Crippen LogP contribution in [-0.4, -0.2) is 31.8 Å². The monoisotopic (exact) mass is 303 g/mol. The number of piperidine rings is 1. The van der Waals surface area contributed by atoms with Crippen molar-refractivity contribution in [3.05, 3.63) is 17.6 Å². The van der Waals surface area contributed by atoms with Gasteiger partial charge in [-0.25, -0.2) is 8.42 Å². The molecule has 0 radical (unpaired) electrons. The Bertz CT molecular complexity index is 636. The maximum Gasteiger partial charge on any atom is 0.289 e. The zero-order valence-corrected chi connectivity index (χ0v) is 12.0. The molecule has 0 N–H and O–H groups in total. The van der Waals surface area contributed by atoms with Crippen molar-refractivity contribution >= 4 is 25.6 Å². The number of hydrogen-bond donors (Lipinski definition) is 0. The minimum absolute atomic E-state index is 0.0595. The Hall–Kier alpha value is -1.01. The molecule has 2 bridgehead atoms. The highest BCUT2D eigenvalue weighted by Crippen LogP contribution is 2.38. The molecule has 1 saturated carbocycles. The van der Waals surface area contributed by atoms with Gasteiger partial charge in [0, 0.05) is 29.3 Å². The Labute approximate surface area is 115 Å². The van der Waals surface area contributed by atoms with Crippen LogP contribution in [0.3, 0.4) is 0 Å². The third-order valence-electron chi connectivity index (χ3n) is 4.02. The molecule has 1 amide bonds. The Balaban J connectivity index is 1.89. The van der Waals surface area contributed by atoms with E-state index in [2.05, 4.69) is 0 Å². The van der Waals surface area contributed by atoms with E-state index in [4.69, 9.17) is 15.1 Å². The highest BCUT2D eigenvalue weighted by molar-refractivity contribution is 8.13. The molecule has 1 aromatic rings. The molecule has 3 rings (SSSR count). The Morgan fingerprint density at radius 3 is 2.68 bits per heavy atom. The molecule has 1 aliphatic carbocycles. The van der Waals surface area contributed by atoms with E-state index in [1.54, 1.807) is 4.90 Å². The van der Waals surface area contributed by atoms with Gasteiger partial charge in [0.2, 0.25) is 0 Å². The van der Waals surface area contributed by atoms with Crippen LogP contribution in [0.1, 0.15) is 35.6 Å². The summed E-state index contributed by atoms with van der Waals surface area (Å²) in [5.74, 6) is 0.565. The number of carbonyl (C=O) groups excluding carboxylic acids is 1. The summed E-state index contributed by atoms with van der Waals surface area (Å²) >= 11 is 0. The van der Waals surface area contributed by atoms with E-state index < -0.39 is 9.05 Å². The van der Waals surface area contributed by atoms with E-state index in [0.717, 1.165) is 19.4 Å². The molecule has 0 aromatic carbocycles. The molecular weight excluding hydrogens is 290 g/mol. The SMILES string of the molecule is Cc1oc(C(=O)N2CC3CCC2C3)cc1S(=O)(=O)Cl. The molecule has 1 aromatic heterocycles. The lowest BCUT2D eigenvalue weighted by Crippen LogP contribution is -2.37. The summed E-state index contributed by atoms with van der Waals surface area (Å²) in [6.45, 7) is 2.23. The number of furan rings is 1. The van der Waals surface area contributed by atoms with Gasteiger partial charge in [-0.05, 0) is 32.1 Å². The van der Waals surface area contributed by atoms with E-state index in [1.807, 2.05) is 0 Å². The van der Waals surface area contributed by atoms with Crippen LogP contribution in [0.4, 0.5) is 0 Å². The first-order valence-electron chi connectivity index (χ1n) is 6.22. The summed E-state index contributed by atoms with van der Waals surface area (Å²) in [7, 11) is 1.42. The first kappa shape index (κ1) is 13.0. The summed E-state index contributed by atoms with van der Waals surface area (Å²) in [4.78, 5) is 14.0. The standard InChI is InChI=1S/C12H14ClNO4S/c1-7-11(19(13,16)17)5-10(18-7)12(15)14-6-8-2-3-9(14)4-8/h5,8-9H,2-4,6H2,1H3. The molecule has 0 spiro atoms. The lowest BCUT2D eigenvalue weighted by atomic mass is 10.1. The molecule has 2 unspecified atom stereocenters. The molecule has 1 aliphatic heterocycles. The van der Waals surface area contributed by atoms with E-state index in [0.29, 0.717) is 5.92 Å². The van der Waals surface area contributed by atoms with Gasteiger partial charge in [-0.15, -0.1) is 0 Å². The Kier molecular flexibility index (Phi) is 2.90. The van der Waals surface area contributed by atoms with E-state index >= 15 is 0 Å². The summed E-state index contributed by atoms with van der Waals surface area (Å²) in [6.07, 6.45) is 3.25. The topological polar surface area (TPSA) is 67.6 Å². The van der Waals surface area contributed by atoms with Gasteiger partial charge < -0.3 is 9.32 Å². The van der Waals surface area contributed by atoms with Crippen molar-refractivity contribution in [1.82, 2.24) is 4.90 Å². The zero-order valence-electron chi connectivity index (χ0n) is 10.4. The van der Waals surface area contributed by atoms with Crippen LogP contribution in [0, 0.1) is 12.8 Å². The number of nitrogens with zero attached hydrogens (tertiary/aromatic N) is 1. The molecule has 19 heavy (non-hydrogen) atoms. The second kappa shape index (κ2) is 4.24. The Morgan fingerprint density at radius 2 is 2.21 bits per heavy atom. The maximum absolute atomic E-state index is 12.3. The molecule has 2 aliphatic rings. The van der Waals surface area contributed by atoms with Crippen LogP contribution < -0.4 is 0 Å². The number of hydrogen-bond acceptors (Lipinski definition) is 4. The molecule has 1 saturated heterocycles. The highest BCUT2D eigenvalue weighted by Gasteiger charge is 2.41. The summed E-state index contributed by atoms with van der Waals surface area (Å²) in [5.41, 5.74) is 0. The summed E-state index contributed by atoms with van der Waals surface area (Å²) < 4.78 is 27.9. The smallest absolute Gasteiger partial charge is 0.289 e. The van der Waals surface area contributed by atoms with Crippen LogP contribution in [0.5, 0.6) is 0 Å². The van der Waals surface area contributed by atoms with Gasteiger partial charge in [-0.2, -0.15) is 0 Å². The molecule has 5 nitrogen and oxygen atoms in total. The molecular formula is C12H14ClNO4S. The van der Waals surface area contributed by atoms with Crippen LogP contribution in [0.15, 0.2) is 15.4 Å². The third kappa shape index (κ3) is 2.17. The van der Waals surface area contributed by atoms with Crippen molar-refractivity contribution in [3.63, 3.8) is 0 Å². The number of rotatable bonds is 2. The minimum atomic E-state index is -3.87. The number of carbonyl (C=O) groups is 1. The number of amides is 1. The third-order valence-corrected chi connectivity index (χ3v) is 5.45.